The van der Waals surface area contributed by atoms with Gasteiger partial charge >= 0.3 is 0 Å². The van der Waals surface area contributed by atoms with Crippen molar-refractivity contribution >= 4 is 11.8 Å². The SMILES string of the molecule is C.C.CCCNC(=O)c1cccc(C(=O)NCCC)c1. The van der Waals surface area contributed by atoms with Gasteiger partial charge < -0.3 is 10.6 Å². The zero-order chi connectivity index (χ0) is 13.4. The van der Waals surface area contributed by atoms with Gasteiger partial charge in [0.05, 0.1) is 0 Å². The average Bonchev–Trinajstić information content (AvgIpc) is 2.42. The van der Waals surface area contributed by atoms with Crippen LogP contribution >= 0.6 is 0 Å². The Bertz CT molecular complexity index is 381. The minimum absolute atomic E-state index is 0. The molecule has 114 valence electrons. The van der Waals surface area contributed by atoms with Gasteiger partial charge in [0, 0.05) is 24.2 Å². The zero-order valence-corrected chi connectivity index (χ0v) is 11.0. The Balaban J connectivity index is 0. The predicted octanol–water partition coefficient (Wildman–Crippen LogP) is 3.24. The van der Waals surface area contributed by atoms with Crippen LogP contribution in [-0.4, -0.2) is 24.9 Å². The Morgan fingerprint density at radius 3 is 1.65 bits per heavy atom. The van der Waals surface area contributed by atoms with Crippen molar-refractivity contribution in [3.05, 3.63) is 35.4 Å². The highest BCUT2D eigenvalue weighted by molar-refractivity contribution is 5.99. The smallest absolute Gasteiger partial charge is 0.251 e. The van der Waals surface area contributed by atoms with Crippen LogP contribution in [0.15, 0.2) is 24.3 Å². The minimum Gasteiger partial charge on any atom is -0.352 e. The van der Waals surface area contributed by atoms with E-state index in [0.717, 1.165) is 12.8 Å². The lowest BCUT2D eigenvalue weighted by molar-refractivity contribution is 0.0953. The Labute approximate surface area is 123 Å². The standard InChI is InChI=1S/C14H20N2O2.2CH4/c1-3-8-15-13(17)11-6-5-7-12(10-11)14(18)16-9-4-2;;/h5-7,10H,3-4,8-9H2,1-2H3,(H,15,17)(H,16,18);2*1H4. The molecule has 0 aliphatic heterocycles. The first-order chi connectivity index (χ1) is 8.69. The maximum atomic E-state index is 11.7. The Hall–Kier alpha value is -1.84. The molecule has 4 heteroatoms. The van der Waals surface area contributed by atoms with E-state index >= 15 is 0 Å². The first-order valence-corrected chi connectivity index (χ1v) is 6.35. The number of amides is 2. The van der Waals surface area contributed by atoms with Gasteiger partial charge in [0.1, 0.15) is 0 Å². The molecule has 0 bridgehead atoms. The first-order valence-electron chi connectivity index (χ1n) is 6.35. The molecule has 1 aromatic rings. The van der Waals surface area contributed by atoms with E-state index in [2.05, 4.69) is 10.6 Å². The summed E-state index contributed by atoms with van der Waals surface area (Å²) in [6, 6.07) is 6.76. The number of hydrogen-bond donors (Lipinski definition) is 2. The summed E-state index contributed by atoms with van der Waals surface area (Å²) in [4.78, 5) is 23.5. The molecule has 0 heterocycles. The van der Waals surface area contributed by atoms with E-state index in [1.807, 2.05) is 13.8 Å². The monoisotopic (exact) mass is 280 g/mol. The van der Waals surface area contributed by atoms with E-state index in [1.165, 1.54) is 0 Å². The van der Waals surface area contributed by atoms with Crippen LogP contribution in [0.25, 0.3) is 0 Å². The van der Waals surface area contributed by atoms with Gasteiger partial charge in [0.25, 0.3) is 11.8 Å². The Kier molecular flexibility index (Phi) is 11.3. The summed E-state index contributed by atoms with van der Waals surface area (Å²) in [5, 5.41) is 5.57. The van der Waals surface area contributed by atoms with E-state index in [9.17, 15) is 9.59 Å². The van der Waals surface area contributed by atoms with Gasteiger partial charge in [-0.15, -0.1) is 0 Å². The number of carbonyl (C=O) groups is 2. The molecular formula is C16H28N2O2. The third kappa shape index (κ3) is 6.36. The lowest BCUT2D eigenvalue weighted by Crippen LogP contribution is -2.26. The van der Waals surface area contributed by atoms with Crippen molar-refractivity contribution in [2.75, 3.05) is 13.1 Å². The molecule has 0 fully saturated rings. The highest BCUT2D eigenvalue weighted by Crippen LogP contribution is 2.05. The topological polar surface area (TPSA) is 58.2 Å². The van der Waals surface area contributed by atoms with E-state index < -0.39 is 0 Å². The average molecular weight is 280 g/mol. The minimum atomic E-state index is -0.137. The third-order valence-corrected chi connectivity index (χ3v) is 2.46. The van der Waals surface area contributed by atoms with Crippen molar-refractivity contribution in [2.24, 2.45) is 0 Å². The molecule has 0 saturated carbocycles. The van der Waals surface area contributed by atoms with E-state index in [0.29, 0.717) is 24.2 Å². The molecular weight excluding hydrogens is 252 g/mol. The molecule has 4 nitrogen and oxygen atoms in total. The quantitative estimate of drug-likeness (QED) is 0.840. The number of nitrogens with one attached hydrogen (secondary N) is 2. The zero-order valence-electron chi connectivity index (χ0n) is 11.0. The molecule has 0 spiro atoms. The number of rotatable bonds is 6. The number of benzene rings is 1. The summed E-state index contributed by atoms with van der Waals surface area (Å²) in [6.07, 6.45) is 1.78. The number of hydrogen-bond acceptors (Lipinski definition) is 2. The highest BCUT2D eigenvalue weighted by atomic mass is 16.2. The molecule has 0 aliphatic carbocycles. The van der Waals surface area contributed by atoms with Crippen molar-refractivity contribution in [1.82, 2.24) is 10.6 Å². The van der Waals surface area contributed by atoms with Crippen LogP contribution in [0.4, 0.5) is 0 Å². The maximum Gasteiger partial charge on any atom is 0.251 e. The third-order valence-electron chi connectivity index (χ3n) is 2.46. The fourth-order valence-electron chi connectivity index (χ4n) is 1.48. The molecule has 0 radical (unpaired) electrons. The van der Waals surface area contributed by atoms with Gasteiger partial charge in [-0.25, -0.2) is 0 Å². The Morgan fingerprint density at radius 1 is 0.900 bits per heavy atom. The number of carbonyl (C=O) groups excluding carboxylic acids is 2. The molecule has 0 aliphatic rings. The molecule has 2 amide bonds. The van der Waals surface area contributed by atoms with Crippen molar-refractivity contribution in [2.45, 2.75) is 41.5 Å². The van der Waals surface area contributed by atoms with E-state index in [-0.39, 0.29) is 26.7 Å². The summed E-state index contributed by atoms with van der Waals surface area (Å²) in [7, 11) is 0. The second kappa shape index (κ2) is 11.0. The van der Waals surface area contributed by atoms with Crippen LogP contribution in [0.3, 0.4) is 0 Å². The fraction of sp³-hybridized carbons (Fsp3) is 0.500. The van der Waals surface area contributed by atoms with Crippen molar-refractivity contribution in [3.8, 4) is 0 Å². The lowest BCUT2D eigenvalue weighted by Gasteiger charge is -2.06. The van der Waals surface area contributed by atoms with Crippen LogP contribution in [0.5, 0.6) is 0 Å². The van der Waals surface area contributed by atoms with Crippen LogP contribution in [0, 0.1) is 0 Å². The van der Waals surface area contributed by atoms with Crippen LogP contribution < -0.4 is 10.6 Å². The van der Waals surface area contributed by atoms with Gasteiger partial charge in [0.2, 0.25) is 0 Å². The van der Waals surface area contributed by atoms with Crippen molar-refractivity contribution in [3.63, 3.8) is 0 Å². The summed E-state index contributed by atoms with van der Waals surface area (Å²) in [5.74, 6) is -0.274. The van der Waals surface area contributed by atoms with Crippen LogP contribution in [0.2, 0.25) is 0 Å². The van der Waals surface area contributed by atoms with Crippen LogP contribution in [0.1, 0.15) is 62.3 Å². The summed E-state index contributed by atoms with van der Waals surface area (Å²) >= 11 is 0. The normalized spacial score (nSPS) is 8.90. The largest absolute Gasteiger partial charge is 0.352 e. The summed E-state index contributed by atoms with van der Waals surface area (Å²) in [5.41, 5.74) is 1.04. The fourth-order valence-corrected chi connectivity index (χ4v) is 1.48. The van der Waals surface area contributed by atoms with Gasteiger partial charge in [-0.1, -0.05) is 34.8 Å². The molecule has 0 aromatic heterocycles. The molecule has 2 N–H and O–H groups in total. The Morgan fingerprint density at radius 2 is 1.30 bits per heavy atom. The van der Waals surface area contributed by atoms with Crippen molar-refractivity contribution < 1.29 is 9.59 Å². The summed E-state index contributed by atoms with van der Waals surface area (Å²) in [6.45, 7) is 5.28. The van der Waals surface area contributed by atoms with E-state index in [1.54, 1.807) is 24.3 Å². The summed E-state index contributed by atoms with van der Waals surface area (Å²) < 4.78 is 0. The highest BCUT2D eigenvalue weighted by Gasteiger charge is 2.09. The maximum absolute atomic E-state index is 11.7. The molecule has 0 atom stereocenters. The molecule has 1 rings (SSSR count). The molecule has 20 heavy (non-hydrogen) atoms. The second-order valence-corrected chi connectivity index (χ2v) is 4.09. The lowest BCUT2D eigenvalue weighted by atomic mass is 10.1. The van der Waals surface area contributed by atoms with Gasteiger partial charge in [-0.05, 0) is 31.0 Å². The van der Waals surface area contributed by atoms with Crippen LogP contribution in [-0.2, 0) is 0 Å². The predicted molar refractivity (Wildman–Crippen MR) is 85.2 cm³/mol. The molecule has 0 saturated heterocycles. The molecule has 0 unspecified atom stereocenters. The van der Waals surface area contributed by atoms with E-state index in [4.69, 9.17) is 0 Å². The van der Waals surface area contributed by atoms with Gasteiger partial charge in [-0.2, -0.15) is 0 Å². The van der Waals surface area contributed by atoms with Gasteiger partial charge in [-0.3, -0.25) is 9.59 Å². The first kappa shape index (κ1) is 20.5. The van der Waals surface area contributed by atoms with Gasteiger partial charge in [0.15, 0.2) is 0 Å². The van der Waals surface area contributed by atoms with Crippen molar-refractivity contribution in [1.29, 1.82) is 0 Å². The molecule has 1 aromatic carbocycles. The second-order valence-electron chi connectivity index (χ2n) is 4.09.